The van der Waals surface area contributed by atoms with E-state index in [0.717, 1.165) is 31.2 Å². The predicted molar refractivity (Wildman–Crippen MR) is 124 cm³/mol. The van der Waals surface area contributed by atoms with E-state index in [1.54, 1.807) is 18.2 Å². The van der Waals surface area contributed by atoms with Crippen molar-refractivity contribution in [1.29, 1.82) is 0 Å². The summed E-state index contributed by atoms with van der Waals surface area (Å²) in [5, 5.41) is 0. The molecule has 0 N–H and O–H groups in total. The molecule has 0 aromatic heterocycles. The first kappa shape index (κ1) is 23.0. The monoisotopic (exact) mass is 478 g/mol. The standard InChI is InChI=1S/C23H34N4O5S/c28-23(26-7-5-24(6-8-26)18-19-1-2-19)21-17-20(33(29,30)27-11-15-32-16-12-27)3-4-22(21)25-9-13-31-14-10-25/h3-4,17,19H,1-2,5-16,18H2. The van der Waals surface area contributed by atoms with E-state index < -0.39 is 10.0 Å². The highest BCUT2D eigenvalue weighted by Gasteiger charge is 2.32. The van der Waals surface area contributed by atoms with E-state index >= 15 is 0 Å². The van der Waals surface area contributed by atoms with Gasteiger partial charge in [0.1, 0.15) is 0 Å². The van der Waals surface area contributed by atoms with E-state index in [0.29, 0.717) is 71.3 Å². The molecule has 9 nitrogen and oxygen atoms in total. The summed E-state index contributed by atoms with van der Waals surface area (Å²) in [7, 11) is -3.68. The quantitative estimate of drug-likeness (QED) is 0.596. The molecule has 1 aromatic carbocycles. The zero-order chi connectivity index (χ0) is 22.8. The van der Waals surface area contributed by atoms with Crippen LogP contribution in [0.25, 0.3) is 0 Å². The number of hydrogen-bond acceptors (Lipinski definition) is 7. The zero-order valence-corrected chi connectivity index (χ0v) is 20.0. The van der Waals surface area contributed by atoms with Crippen LogP contribution < -0.4 is 4.90 Å². The van der Waals surface area contributed by atoms with Gasteiger partial charge in [-0.3, -0.25) is 9.69 Å². The maximum Gasteiger partial charge on any atom is 0.256 e. The highest BCUT2D eigenvalue weighted by molar-refractivity contribution is 7.89. The van der Waals surface area contributed by atoms with Crippen LogP contribution in [0.2, 0.25) is 0 Å². The van der Waals surface area contributed by atoms with Gasteiger partial charge in [-0.1, -0.05) is 0 Å². The zero-order valence-electron chi connectivity index (χ0n) is 19.2. The summed E-state index contributed by atoms with van der Waals surface area (Å²) in [6, 6.07) is 5.03. The minimum absolute atomic E-state index is 0.0819. The fraction of sp³-hybridized carbons (Fsp3) is 0.696. The highest BCUT2D eigenvalue weighted by atomic mass is 32.2. The van der Waals surface area contributed by atoms with Crippen LogP contribution in [0.1, 0.15) is 23.2 Å². The lowest BCUT2D eigenvalue weighted by molar-refractivity contribution is 0.0631. The minimum Gasteiger partial charge on any atom is -0.379 e. The molecule has 33 heavy (non-hydrogen) atoms. The third-order valence-corrected chi connectivity index (χ3v) is 8.93. The van der Waals surface area contributed by atoms with Crippen LogP contribution in [0, 0.1) is 5.92 Å². The van der Waals surface area contributed by atoms with Gasteiger partial charge in [0.05, 0.1) is 36.9 Å². The molecule has 3 aliphatic heterocycles. The number of piperazine rings is 1. The van der Waals surface area contributed by atoms with Gasteiger partial charge in [0.25, 0.3) is 5.91 Å². The van der Waals surface area contributed by atoms with Crippen LogP contribution in [0.15, 0.2) is 23.1 Å². The van der Waals surface area contributed by atoms with Crippen molar-refractivity contribution in [3.05, 3.63) is 23.8 Å². The average molecular weight is 479 g/mol. The number of benzene rings is 1. The molecule has 3 saturated heterocycles. The van der Waals surface area contributed by atoms with E-state index in [2.05, 4.69) is 9.80 Å². The number of sulfonamides is 1. The first-order valence-electron chi connectivity index (χ1n) is 12.1. The van der Waals surface area contributed by atoms with Crippen LogP contribution >= 0.6 is 0 Å². The van der Waals surface area contributed by atoms with E-state index in [1.165, 1.54) is 17.1 Å². The highest BCUT2D eigenvalue weighted by Crippen LogP contribution is 2.31. The number of rotatable bonds is 6. The average Bonchev–Trinajstić information content (AvgIpc) is 3.69. The number of morpholine rings is 2. The summed E-state index contributed by atoms with van der Waals surface area (Å²) < 4.78 is 38.8. The first-order chi connectivity index (χ1) is 16.0. The molecule has 1 saturated carbocycles. The van der Waals surface area contributed by atoms with E-state index in [1.807, 2.05) is 4.90 Å². The molecule has 1 aromatic rings. The molecule has 0 unspecified atom stereocenters. The summed E-state index contributed by atoms with van der Waals surface area (Å²) in [5.74, 6) is 0.754. The van der Waals surface area contributed by atoms with E-state index in [4.69, 9.17) is 9.47 Å². The Kier molecular flexibility index (Phi) is 6.89. The number of anilines is 1. The Labute approximate surface area is 196 Å². The van der Waals surface area contributed by atoms with Gasteiger partial charge in [-0.05, 0) is 37.0 Å². The second-order valence-electron chi connectivity index (χ2n) is 9.33. The summed E-state index contributed by atoms with van der Waals surface area (Å²) in [5.41, 5.74) is 1.27. The molecule has 1 amide bonds. The van der Waals surface area contributed by atoms with E-state index in [9.17, 15) is 13.2 Å². The molecule has 0 atom stereocenters. The Morgan fingerprint density at radius 3 is 2.15 bits per heavy atom. The number of amides is 1. The second-order valence-corrected chi connectivity index (χ2v) is 11.3. The molecule has 182 valence electrons. The molecule has 4 fully saturated rings. The van der Waals surface area contributed by atoms with Crippen molar-refractivity contribution in [3.63, 3.8) is 0 Å². The Bertz CT molecular complexity index is 948. The fourth-order valence-corrected chi connectivity index (χ4v) is 6.27. The number of carbonyl (C=O) groups is 1. The molecule has 1 aliphatic carbocycles. The van der Waals surface area contributed by atoms with Gasteiger partial charge in [0, 0.05) is 64.6 Å². The lowest BCUT2D eigenvalue weighted by atomic mass is 10.1. The molecule has 0 bridgehead atoms. The van der Waals surface area contributed by atoms with Crippen LogP contribution in [0.4, 0.5) is 5.69 Å². The summed E-state index contributed by atoms with van der Waals surface area (Å²) in [6.45, 7) is 8.25. The van der Waals surface area contributed by atoms with Crippen molar-refractivity contribution in [2.75, 3.05) is 90.2 Å². The van der Waals surface area contributed by atoms with Crippen molar-refractivity contribution < 1.29 is 22.7 Å². The smallest absolute Gasteiger partial charge is 0.256 e. The molecule has 0 spiro atoms. The minimum atomic E-state index is -3.68. The number of ether oxygens (including phenoxy) is 2. The van der Waals surface area contributed by atoms with Crippen LogP contribution in [0.3, 0.4) is 0 Å². The molecular weight excluding hydrogens is 444 g/mol. The Morgan fingerprint density at radius 2 is 1.52 bits per heavy atom. The van der Waals surface area contributed by atoms with Gasteiger partial charge >= 0.3 is 0 Å². The summed E-state index contributed by atoms with van der Waals surface area (Å²) in [6.07, 6.45) is 2.65. The molecule has 5 rings (SSSR count). The van der Waals surface area contributed by atoms with Gasteiger partial charge in [-0.25, -0.2) is 8.42 Å². The Hall–Kier alpha value is -1.72. The van der Waals surface area contributed by atoms with E-state index in [-0.39, 0.29) is 10.8 Å². The van der Waals surface area contributed by atoms with Gasteiger partial charge in [-0.2, -0.15) is 4.31 Å². The number of carbonyl (C=O) groups excluding carboxylic acids is 1. The fourth-order valence-electron chi connectivity index (χ4n) is 4.83. The van der Waals surface area contributed by atoms with Crippen molar-refractivity contribution >= 4 is 21.6 Å². The SMILES string of the molecule is O=C(c1cc(S(=O)(=O)N2CCOCC2)ccc1N1CCOCC1)N1CCN(CC2CC2)CC1. The van der Waals surface area contributed by atoms with Crippen LogP contribution in [-0.2, 0) is 19.5 Å². The van der Waals surface area contributed by atoms with Gasteiger partial charge < -0.3 is 19.3 Å². The van der Waals surface area contributed by atoms with Crippen LogP contribution in [-0.4, -0.2) is 114 Å². The third-order valence-electron chi connectivity index (χ3n) is 7.03. The largest absolute Gasteiger partial charge is 0.379 e. The van der Waals surface area contributed by atoms with Gasteiger partial charge in [0.2, 0.25) is 10.0 Å². The lowest BCUT2D eigenvalue weighted by Crippen LogP contribution is -2.49. The maximum atomic E-state index is 13.7. The molecule has 4 aliphatic rings. The molecule has 0 radical (unpaired) electrons. The number of nitrogens with zero attached hydrogens (tertiary/aromatic N) is 4. The van der Waals surface area contributed by atoms with Crippen molar-refractivity contribution in [2.24, 2.45) is 5.92 Å². The topological polar surface area (TPSA) is 82.6 Å². The number of hydrogen-bond donors (Lipinski definition) is 0. The Morgan fingerprint density at radius 1 is 0.879 bits per heavy atom. The predicted octanol–water partition coefficient (Wildman–Crippen LogP) is 0.712. The lowest BCUT2D eigenvalue weighted by Gasteiger charge is -2.36. The molecule has 10 heteroatoms. The van der Waals surface area contributed by atoms with Crippen LogP contribution in [0.5, 0.6) is 0 Å². The molecule has 3 heterocycles. The van der Waals surface area contributed by atoms with Crippen molar-refractivity contribution in [1.82, 2.24) is 14.1 Å². The first-order valence-corrected chi connectivity index (χ1v) is 13.5. The normalized spacial score (nSPS) is 23.6. The molecular formula is C23H34N4O5S. The van der Waals surface area contributed by atoms with Crippen molar-refractivity contribution in [3.8, 4) is 0 Å². The van der Waals surface area contributed by atoms with Gasteiger partial charge in [0.15, 0.2) is 0 Å². The Balaban J connectivity index is 1.40. The summed E-state index contributed by atoms with van der Waals surface area (Å²) in [4.78, 5) is 20.3. The maximum absolute atomic E-state index is 13.7. The van der Waals surface area contributed by atoms with Gasteiger partial charge in [-0.15, -0.1) is 0 Å². The van der Waals surface area contributed by atoms with Crippen molar-refractivity contribution in [2.45, 2.75) is 17.7 Å². The second kappa shape index (κ2) is 9.87. The summed E-state index contributed by atoms with van der Waals surface area (Å²) >= 11 is 0. The third kappa shape index (κ3) is 5.19.